The SMILES string of the molecule is FC(C(F)(F)F)C(F)(F)C1(F)OC(F)(F)C(F)(F)OC1(F)F. The molecule has 0 aromatic rings. The van der Waals surface area contributed by atoms with Crippen LogP contribution < -0.4 is 0 Å². The van der Waals surface area contributed by atoms with E-state index in [1.165, 1.54) is 0 Å². The molecule has 1 heterocycles. The molecule has 0 aromatic carbocycles. The third-order valence-corrected chi connectivity index (χ3v) is 2.27. The van der Waals surface area contributed by atoms with Crippen molar-refractivity contribution in [3.05, 3.63) is 0 Å². The van der Waals surface area contributed by atoms with Crippen molar-refractivity contribution >= 4 is 0 Å². The Morgan fingerprint density at radius 1 is 0.636 bits per heavy atom. The van der Waals surface area contributed by atoms with Gasteiger partial charge in [0.1, 0.15) is 0 Å². The molecule has 0 saturated carbocycles. The van der Waals surface area contributed by atoms with Gasteiger partial charge >= 0.3 is 36.3 Å². The summed E-state index contributed by atoms with van der Waals surface area (Å²) in [6.45, 7) is 0. The molecule has 0 aromatic heterocycles. The van der Waals surface area contributed by atoms with Crippen molar-refractivity contribution < 1.29 is 66.5 Å². The van der Waals surface area contributed by atoms with E-state index < -0.39 is 42.5 Å². The Morgan fingerprint density at radius 3 is 1.36 bits per heavy atom. The molecule has 15 heteroatoms. The van der Waals surface area contributed by atoms with E-state index >= 15 is 0 Å². The van der Waals surface area contributed by atoms with Gasteiger partial charge in [0.05, 0.1) is 0 Å². The van der Waals surface area contributed by atoms with Gasteiger partial charge < -0.3 is 0 Å². The van der Waals surface area contributed by atoms with Gasteiger partial charge in [0, 0.05) is 0 Å². The van der Waals surface area contributed by atoms with Crippen LogP contribution in [0.25, 0.3) is 0 Å². The molecule has 1 fully saturated rings. The summed E-state index contributed by atoms with van der Waals surface area (Å²) in [6.07, 6.45) is -32.2. The first-order chi connectivity index (χ1) is 9.32. The molecule has 0 amide bonds. The summed E-state index contributed by atoms with van der Waals surface area (Å²) in [7, 11) is 0. The largest absolute Gasteiger partial charge is 0.453 e. The maximum Gasteiger partial charge on any atom is 0.453 e. The molecule has 0 N–H and O–H groups in total. The van der Waals surface area contributed by atoms with E-state index in [0.29, 0.717) is 0 Å². The summed E-state index contributed by atoms with van der Waals surface area (Å²) in [5, 5.41) is 0. The maximum atomic E-state index is 13.3. The zero-order valence-electron chi connectivity index (χ0n) is 9.31. The van der Waals surface area contributed by atoms with E-state index in [-0.39, 0.29) is 0 Å². The van der Waals surface area contributed by atoms with Crippen molar-refractivity contribution in [2.45, 2.75) is 42.5 Å². The summed E-state index contributed by atoms with van der Waals surface area (Å²) >= 11 is 0. The highest BCUT2D eigenvalue weighted by molar-refractivity contribution is 5.03. The van der Waals surface area contributed by atoms with E-state index in [1.807, 2.05) is 9.47 Å². The summed E-state index contributed by atoms with van der Waals surface area (Å²) < 4.78 is 166. The number of hydrogen-bond acceptors (Lipinski definition) is 2. The van der Waals surface area contributed by atoms with Crippen molar-refractivity contribution in [1.82, 2.24) is 0 Å². The highest BCUT2D eigenvalue weighted by Gasteiger charge is 2.88. The van der Waals surface area contributed by atoms with Gasteiger partial charge in [0.2, 0.25) is 0 Å². The Bertz CT molecular complexity index is 442. The fourth-order valence-electron chi connectivity index (χ4n) is 1.21. The van der Waals surface area contributed by atoms with E-state index in [0.717, 1.165) is 0 Å². The monoisotopic (exact) mass is 364 g/mol. The number of halogens is 13. The molecular formula is C7HF13O2. The average molecular weight is 364 g/mol. The van der Waals surface area contributed by atoms with Crippen LogP contribution in [-0.4, -0.2) is 42.5 Å². The summed E-state index contributed by atoms with van der Waals surface area (Å²) in [5.74, 6) is -13.9. The average Bonchev–Trinajstić information content (AvgIpc) is 2.22. The van der Waals surface area contributed by atoms with Gasteiger partial charge in [-0.3, -0.25) is 4.74 Å². The van der Waals surface area contributed by atoms with Crippen molar-refractivity contribution in [3.63, 3.8) is 0 Å². The fraction of sp³-hybridized carbons (Fsp3) is 1.00. The second kappa shape index (κ2) is 4.52. The van der Waals surface area contributed by atoms with Gasteiger partial charge in [-0.1, -0.05) is 0 Å². The van der Waals surface area contributed by atoms with Crippen LogP contribution in [0.4, 0.5) is 57.1 Å². The summed E-state index contributed by atoms with van der Waals surface area (Å²) in [6, 6.07) is 0. The predicted molar refractivity (Wildman–Crippen MR) is 36.7 cm³/mol. The summed E-state index contributed by atoms with van der Waals surface area (Å²) in [4.78, 5) is 0. The maximum absolute atomic E-state index is 13.3. The molecule has 0 aliphatic carbocycles. The van der Waals surface area contributed by atoms with E-state index in [1.54, 1.807) is 0 Å². The molecule has 2 atom stereocenters. The van der Waals surface area contributed by atoms with E-state index in [2.05, 4.69) is 0 Å². The van der Waals surface area contributed by atoms with Gasteiger partial charge in [-0.15, -0.1) is 0 Å². The van der Waals surface area contributed by atoms with Crippen molar-refractivity contribution in [3.8, 4) is 0 Å². The van der Waals surface area contributed by atoms with Crippen LogP contribution in [0.15, 0.2) is 0 Å². The highest BCUT2D eigenvalue weighted by atomic mass is 19.4. The molecule has 1 rings (SSSR count). The standard InChI is InChI=1S/C7HF13O2/c8-1(3(11,12)13)2(9,10)4(14)5(15,16)22-7(19,20)6(17,18)21-4/h1H. The van der Waals surface area contributed by atoms with Gasteiger partial charge in [0.25, 0.3) is 6.17 Å². The number of alkyl halides is 13. The normalized spacial score (nSPS) is 32.6. The van der Waals surface area contributed by atoms with Crippen LogP contribution >= 0.6 is 0 Å². The lowest BCUT2D eigenvalue weighted by atomic mass is 10.0. The fourth-order valence-corrected chi connectivity index (χ4v) is 1.21. The van der Waals surface area contributed by atoms with Gasteiger partial charge in [-0.05, 0) is 0 Å². The summed E-state index contributed by atoms with van der Waals surface area (Å²) in [5.41, 5.74) is 0. The number of ether oxygens (including phenoxy) is 2. The van der Waals surface area contributed by atoms with Crippen LogP contribution in [0, 0.1) is 0 Å². The zero-order valence-corrected chi connectivity index (χ0v) is 9.31. The molecule has 2 unspecified atom stereocenters. The minimum absolute atomic E-state index is 1.81. The van der Waals surface area contributed by atoms with Crippen LogP contribution in [-0.2, 0) is 9.47 Å². The molecule has 2 nitrogen and oxygen atoms in total. The zero-order chi connectivity index (χ0) is 18.0. The Hall–Kier alpha value is -0.990. The Balaban J connectivity index is 3.42. The Morgan fingerprint density at radius 2 is 1.00 bits per heavy atom. The lowest BCUT2D eigenvalue weighted by molar-refractivity contribution is -0.610. The Kier molecular flexibility index (Phi) is 3.91. The molecular weight excluding hydrogens is 363 g/mol. The first kappa shape index (κ1) is 19.1. The third kappa shape index (κ3) is 2.47. The second-order valence-corrected chi connectivity index (χ2v) is 3.88. The Labute approximate surface area is 110 Å². The smallest absolute Gasteiger partial charge is 0.263 e. The van der Waals surface area contributed by atoms with Crippen molar-refractivity contribution in [2.75, 3.05) is 0 Å². The second-order valence-electron chi connectivity index (χ2n) is 3.88. The van der Waals surface area contributed by atoms with Crippen molar-refractivity contribution in [1.29, 1.82) is 0 Å². The molecule has 22 heavy (non-hydrogen) atoms. The molecule has 0 radical (unpaired) electrons. The number of rotatable bonds is 2. The highest BCUT2D eigenvalue weighted by Crippen LogP contribution is 2.59. The van der Waals surface area contributed by atoms with Crippen molar-refractivity contribution in [2.24, 2.45) is 0 Å². The minimum Gasteiger partial charge on any atom is -0.263 e. The number of hydrogen-bond donors (Lipinski definition) is 0. The molecule has 132 valence electrons. The van der Waals surface area contributed by atoms with Crippen LogP contribution in [0.1, 0.15) is 0 Å². The van der Waals surface area contributed by atoms with Crippen LogP contribution in [0.2, 0.25) is 0 Å². The minimum atomic E-state index is -7.06. The predicted octanol–water partition coefficient (Wildman–Crippen LogP) is 4.01. The third-order valence-electron chi connectivity index (χ3n) is 2.27. The van der Waals surface area contributed by atoms with Gasteiger partial charge in [0.15, 0.2) is 0 Å². The molecule has 0 bridgehead atoms. The molecule has 0 spiro atoms. The van der Waals surface area contributed by atoms with Gasteiger partial charge in [-0.2, -0.15) is 52.7 Å². The molecule has 1 aliphatic heterocycles. The first-order valence-electron chi connectivity index (χ1n) is 4.63. The lowest BCUT2D eigenvalue weighted by Crippen LogP contribution is -2.74. The quantitative estimate of drug-likeness (QED) is 0.690. The lowest BCUT2D eigenvalue weighted by Gasteiger charge is -2.46. The van der Waals surface area contributed by atoms with E-state index in [4.69, 9.17) is 0 Å². The topological polar surface area (TPSA) is 18.5 Å². The molecule has 1 aliphatic rings. The van der Waals surface area contributed by atoms with E-state index in [9.17, 15) is 57.1 Å². The van der Waals surface area contributed by atoms with Crippen LogP contribution in [0.3, 0.4) is 0 Å². The first-order valence-corrected chi connectivity index (χ1v) is 4.63. The van der Waals surface area contributed by atoms with Crippen LogP contribution in [0.5, 0.6) is 0 Å². The van der Waals surface area contributed by atoms with Gasteiger partial charge in [-0.25, -0.2) is 9.13 Å². The molecule has 1 saturated heterocycles.